The number of nitrogen functional groups attached to an aromatic ring is 1. The van der Waals surface area contributed by atoms with Gasteiger partial charge in [0.1, 0.15) is 17.6 Å². The van der Waals surface area contributed by atoms with Gasteiger partial charge in [0.2, 0.25) is 0 Å². The van der Waals surface area contributed by atoms with E-state index in [1.807, 2.05) is 6.92 Å². The zero-order valence-electron chi connectivity index (χ0n) is 12.0. The summed E-state index contributed by atoms with van der Waals surface area (Å²) >= 11 is 0. The van der Waals surface area contributed by atoms with Crippen molar-refractivity contribution < 1.29 is 14.5 Å². The van der Waals surface area contributed by atoms with Gasteiger partial charge in [-0.3, -0.25) is 14.9 Å². The van der Waals surface area contributed by atoms with Gasteiger partial charge in [-0.2, -0.15) is 0 Å². The molecule has 2 rings (SSSR count). The quantitative estimate of drug-likeness (QED) is 0.662. The number of rotatable bonds is 3. The predicted molar refractivity (Wildman–Crippen MR) is 75.9 cm³/mol. The lowest BCUT2D eigenvalue weighted by molar-refractivity contribution is -0.385. The van der Waals surface area contributed by atoms with Crippen LogP contribution in [0, 0.1) is 10.1 Å². The first-order chi connectivity index (χ1) is 9.86. The molecule has 0 radical (unpaired) electrons. The van der Waals surface area contributed by atoms with Gasteiger partial charge in [0.25, 0.3) is 11.6 Å². The minimum absolute atomic E-state index is 0.0344. The molecule has 1 amide bonds. The number of anilines is 1. The average molecular weight is 294 g/mol. The smallest absolute Gasteiger partial charge is 0.300 e. The number of aromatic nitrogens is 1. The maximum Gasteiger partial charge on any atom is 0.300 e. The van der Waals surface area contributed by atoms with E-state index >= 15 is 0 Å². The first-order valence-electron chi connectivity index (χ1n) is 6.60. The van der Waals surface area contributed by atoms with Gasteiger partial charge in [-0.1, -0.05) is 0 Å². The Bertz CT molecular complexity index is 577. The average Bonchev–Trinajstić information content (AvgIpc) is 2.46. The molecule has 0 saturated carbocycles. The highest BCUT2D eigenvalue weighted by Gasteiger charge is 2.35. The van der Waals surface area contributed by atoms with Crippen LogP contribution in [-0.2, 0) is 4.74 Å². The summed E-state index contributed by atoms with van der Waals surface area (Å²) in [5.41, 5.74) is 4.75. The Labute approximate surface area is 122 Å². The highest BCUT2D eigenvalue weighted by molar-refractivity contribution is 5.98. The van der Waals surface area contributed by atoms with Gasteiger partial charge in [-0.25, -0.2) is 4.98 Å². The van der Waals surface area contributed by atoms with E-state index < -0.39 is 16.4 Å². The van der Waals surface area contributed by atoms with Crippen LogP contribution < -0.4 is 5.73 Å². The zero-order chi connectivity index (χ0) is 15.6. The second kappa shape index (κ2) is 5.65. The molecule has 0 aromatic carbocycles. The predicted octanol–water partition coefficient (Wildman–Crippen LogP) is 1.21. The van der Waals surface area contributed by atoms with Gasteiger partial charge in [-0.15, -0.1) is 0 Å². The lowest BCUT2D eigenvalue weighted by atomic mass is 9.94. The van der Waals surface area contributed by atoms with Gasteiger partial charge in [0.05, 0.1) is 10.5 Å². The molecular formula is C13H18N4O4. The monoisotopic (exact) mass is 294 g/mol. The second-order valence-electron chi connectivity index (χ2n) is 5.37. The molecule has 1 aliphatic heterocycles. The molecule has 0 aliphatic carbocycles. The van der Waals surface area contributed by atoms with E-state index in [0.717, 1.165) is 19.0 Å². The molecule has 21 heavy (non-hydrogen) atoms. The number of nitrogens with zero attached hydrogens (tertiary/aromatic N) is 3. The number of hydrogen-bond acceptors (Lipinski definition) is 6. The fraction of sp³-hybridized carbons (Fsp3) is 0.538. The summed E-state index contributed by atoms with van der Waals surface area (Å²) < 4.78 is 5.43. The summed E-state index contributed by atoms with van der Waals surface area (Å²) in [6.07, 6.45) is 2.64. The third-order valence-electron chi connectivity index (χ3n) is 3.77. The molecule has 1 fully saturated rings. The summed E-state index contributed by atoms with van der Waals surface area (Å²) in [5, 5.41) is 11.0. The number of pyridine rings is 1. The van der Waals surface area contributed by atoms with Crippen molar-refractivity contribution in [3.8, 4) is 0 Å². The Morgan fingerprint density at radius 1 is 1.62 bits per heavy atom. The van der Waals surface area contributed by atoms with E-state index in [9.17, 15) is 14.9 Å². The number of nitro groups is 1. The van der Waals surface area contributed by atoms with Crippen LogP contribution in [0.4, 0.5) is 11.5 Å². The summed E-state index contributed by atoms with van der Waals surface area (Å²) in [7, 11) is 1.60. The lowest BCUT2D eigenvalue weighted by Crippen LogP contribution is -2.49. The molecule has 114 valence electrons. The van der Waals surface area contributed by atoms with Crippen molar-refractivity contribution in [2.75, 3.05) is 25.9 Å². The van der Waals surface area contributed by atoms with Crippen LogP contribution in [0.2, 0.25) is 0 Å². The van der Waals surface area contributed by atoms with Crippen molar-refractivity contribution in [2.45, 2.75) is 25.4 Å². The van der Waals surface area contributed by atoms with Crippen molar-refractivity contribution in [3.63, 3.8) is 0 Å². The Balaban J connectivity index is 2.32. The molecule has 8 nitrogen and oxygen atoms in total. The Morgan fingerprint density at radius 2 is 2.33 bits per heavy atom. The van der Waals surface area contributed by atoms with Crippen molar-refractivity contribution in [3.05, 3.63) is 27.9 Å². The fourth-order valence-electron chi connectivity index (χ4n) is 2.50. The number of piperidine rings is 1. The van der Waals surface area contributed by atoms with E-state index in [1.165, 1.54) is 6.07 Å². The molecule has 0 bridgehead atoms. The third-order valence-corrected chi connectivity index (χ3v) is 3.77. The third kappa shape index (κ3) is 3.10. The van der Waals surface area contributed by atoms with Crippen LogP contribution in [0.5, 0.6) is 0 Å². The summed E-state index contributed by atoms with van der Waals surface area (Å²) in [4.78, 5) is 28.2. The summed E-state index contributed by atoms with van der Waals surface area (Å²) in [6.45, 7) is 2.85. The minimum atomic E-state index is -0.626. The van der Waals surface area contributed by atoms with E-state index in [4.69, 9.17) is 10.5 Å². The van der Waals surface area contributed by atoms with E-state index in [2.05, 4.69) is 4.98 Å². The SMILES string of the molecule is COC1(C)CCCN(C(=O)c2cc(N)ncc2[N+](=O)[O-])C1. The molecule has 1 saturated heterocycles. The van der Waals surface area contributed by atoms with Crippen LogP contribution in [0.15, 0.2) is 12.3 Å². The molecule has 1 unspecified atom stereocenters. The van der Waals surface area contributed by atoms with Gasteiger partial charge in [0.15, 0.2) is 0 Å². The summed E-state index contributed by atoms with van der Waals surface area (Å²) in [5.74, 6) is -0.339. The molecule has 1 atom stereocenters. The Kier molecular flexibility index (Phi) is 4.08. The number of ether oxygens (including phenoxy) is 1. The Hall–Kier alpha value is -2.22. The van der Waals surface area contributed by atoms with Gasteiger partial charge >= 0.3 is 0 Å². The number of methoxy groups -OCH3 is 1. The van der Waals surface area contributed by atoms with Crippen molar-refractivity contribution in [2.24, 2.45) is 0 Å². The molecule has 1 aromatic heterocycles. The van der Waals surface area contributed by atoms with Crippen LogP contribution in [0.1, 0.15) is 30.1 Å². The summed E-state index contributed by atoms with van der Waals surface area (Å²) in [6, 6.07) is 1.25. The lowest BCUT2D eigenvalue weighted by Gasteiger charge is -2.39. The number of likely N-dealkylation sites (tertiary alicyclic amines) is 1. The second-order valence-corrected chi connectivity index (χ2v) is 5.37. The van der Waals surface area contributed by atoms with Gasteiger partial charge < -0.3 is 15.4 Å². The Morgan fingerprint density at radius 3 is 2.95 bits per heavy atom. The molecule has 1 aromatic rings. The fourth-order valence-corrected chi connectivity index (χ4v) is 2.50. The topological polar surface area (TPSA) is 112 Å². The molecule has 8 heteroatoms. The standard InChI is InChI=1S/C13H18N4O4/c1-13(21-2)4-3-5-16(8-13)12(18)9-6-11(14)15-7-10(9)17(19)20/h6-7H,3-5,8H2,1-2H3,(H2,14,15). The van der Waals surface area contributed by atoms with Crippen LogP contribution in [0.3, 0.4) is 0 Å². The van der Waals surface area contributed by atoms with Crippen LogP contribution >= 0.6 is 0 Å². The van der Waals surface area contributed by atoms with Crippen molar-refractivity contribution in [1.29, 1.82) is 0 Å². The molecule has 0 spiro atoms. The molecule has 2 heterocycles. The normalized spacial score (nSPS) is 22.1. The molecular weight excluding hydrogens is 276 g/mol. The van der Waals surface area contributed by atoms with Crippen molar-refractivity contribution >= 4 is 17.4 Å². The van der Waals surface area contributed by atoms with Gasteiger partial charge in [-0.05, 0) is 25.8 Å². The first kappa shape index (κ1) is 15.2. The maximum atomic E-state index is 12.6. The highest BCUT2D eigenvalue weighted by Crippen LogP contribution is 2.27. The number of amides is 1. The first-order valence-corrected chi connectivity index (χ1v) is 6.60. The largest absolute Gasteiger partial charge is 0.384 e. The highest BCUT2D eigenvalue weighted by atomic mass is 16.6. The molecule has 2 N–H and O–H groups in total. The van der Waals surface area contributed by atoms with E-state index in [-0.39, 0.29) is 17.1 Å². The zero-order valence-corrected chi connectivity index (χ0v) is 12.0. The number of nitrogens with two attached hydrogens (primary N) is 1. The number of carbonyl (C=O) groups is 1. The maximum absolute atomic E-state index is 12.6. The minimum Gasteiger partial charge on any atom is -0.384 e. The van der Waals surface area contributed by atoms with Crippen LogP contribution in [0.25, 0.3) is 0 Å². The number of carbonyl (C=O) groups excluding carboxylic acids is 1. The molecule has 1 aliphatic rings. The van der Waals surface area contributed by atoms with E-state index in [0.29, 0.717) is 13.1 Å². The van der Waals surface area contributed by atoms with Crippen molar-refractivity contribution in [1.82, 2.24) is 9.88 Å². The van der Waals surface area contributed by atoms with Crippen LogP contribution in [-0.4, -0.2) is 46.5 Å². The number of hydrogen-bond donors (Lipinski definition) is 1. The van der Waals surface area contributed by atoms with E-state index in [1.54, 1.807) is 12.0 Å². The van der Waals surface area contributed by atoms with Gasteiger partial charge in [0, 0.05) is 20.2 Å².